The molecule has 1 atom stereocenters. The number of pyridine rings is 1. The van der Waals surface area contributed by atoms with Gasteiger partial charge in [-0.15, -0.1) is 0 Å². The van der Waals surface area contributed by atoms with Crippen LogP contribution in [-0.4, -0.2) is 17.6 Å². The first kappa shape index (κ1) is 13.3. The number of aromatic nitrogens is 1. The first-order valence-corrected chi connectivity index (χ1v) is 7.19. The lowest BCUT2D eigenvalue weighted by Gasteiger charge is -2.18. The summed E-state index contributed by atoms with van der Waals surface area (Å²) in [7, 11) is 0. The Balaban J connectivity index is 1.76. The van der Waals surface area contributed by atoms with Crippen molar-refractivity contribution >= 4 is 0 Å². The van der Waals surface area contributed by atoms with E-state index in [-0.39, 0.29) is 5.82 Å². The molecule has 1 fully saturated rings. The smallest absolute Gasteiger partial charge is 0.144 e. The zero-order valence-corrected chi connectivity index (χ0v) is 11.4. The van der Waals surface area contributed by atoms with Crippen molar-refractivity contribution in [3.63, 3.8) is 0 Å². The molecule has 0 aliphatic heterocycles. The molecule has 1 aliphatic rings. The van der Waals surface area contributed by atoms with E-state index in [1.165, 1.54) is 24.6 Å². The van der Waals surface area contributed by atoms with Gasteiger partial charge in [-0.1, -0.05) is 30.3 Å². The Morgan fingerprint density at radius 3 is 2.70 bits per heavy atom. The summed E-state index contributed by atoms with van der Waals surface area (Å²) in [6, 6.07) is 12.8. The molecule has 1 saturated carbocycles. The zero-order chi connectivity index (χ0) is 13.8. The molecule has 2 nitrogen and oxygen atoms in total. The summed E-state index contributed by atoms with van der Waals surface area (Å²) in [6.07, 6.45) is 6.20. The molecule has 0 bridgehead atoms. The van der Waals surface area contributed by atoms with Crippen LogP contribution >= 0.6 is 0 Å². The van der Waals surface area contributed by atoms with E-state index in [2.05, 4.69) is 22.4 Å². The third-order valence-electron chi connectivity index (χ3n) is 3.82. The predicted molar refractivity (Wildman–Crippen MR) is 78.1 cm³/mol. The van der Waals surface area contributed by atoms with E-state index < -0.39 is 0 Å². The predicted octanol–water partition coefficient (Wildman–Crippen LogP) is 3.30. The molecule has 20 heavy (non-hydrogen) atoms. The van der Waals surface area contributed by atoms with Gasteiger partial charge >= 0.3 is 0 Å². The maximum Gasteiger partial charge on any atom is 0.144 e. The van der Waals surface area contributed by atoms with Crippen molar-refractivity contribution in [1.82, 2.24) is 10.3 Å². The third-order valence-corrected chi connectivity index (χ3v) is 3.82. The molecule has 0 amide bonds. The highest BCUT2D eigenvalue weighted by Gasteiger charge is 2.23. The lowest BCUT2D eigenvalue weighted by Crippen LogP contribution is -2.25. The molecule has 1 heterocycles. The van der Waals surface area contributed by atoms with Crippen LogP contribution in [0.1, 0.15) is 29.9 Å². The second-order valence-corrected chi connectivity index (χ2v) is 5.46. The Kier molecular flexibility index (Phi) is 4.07. The van der Waals surface area contributed by atoms with Crippen molar-refractivity contribution < 1.29 is 4.39 Å². The van der Waals surface area contributed by atoms with Crippen LogP contribution in [0.3, 0.4) is 0 Å². The molecule has 1 aromatic heterocycles. The minimum absolute atomic E-state index is 0.208. The fraction of sp³-hybridized carbons (Fsp3) is 0.353. The summed E-state index contributed by atoms with van der Waals surface area (Å²) in [6.45, 7) is 0.899. The average molecular weight is 270 g/mol. The van der Waals surface area contributed by atoms with Crippen LogP contribution in [0.15, 0.2) is 48.8 Å². The van der Waals surface area contributed by atoms with Crippen molar-refractivity contribution in [2.24, 2.45) is 0 Å². The Hall–Kier alpha value is -1.74. The van der Waals surface area contributed by atoms with Gasteiger partial charge in [-0.2, -0.15) is 0 Å². The number of hydrogen-bond donors (Lipinski definition) is 1. The molecule has 2 aromatic rings. The molecule has 1 aliphatic carbocycles. The van der Waals surface area contributed by atoms with E-state index in [4.69, 9.17) is 0 Å². The monoisotopic (exact) mass is 270 g/mol. The van der Waals surface area contributed by atoms with Crippen LogP contribution in [0.2, 0.25) is 0 Å². The fourth-order valence-corrected chi connectivity index (χ4v) is 2.46. The Labute approximate surface area is 119 Å². The normalized spacial score (nSPS) is 16.1. The SMILES string of the molecule is Fc1cnccc1CC(CNC1CC1)c1ccccc1. The minimum Gasteiger partial charge on any atom is -0.313 e. The van der Waals surface area contributed by atoms with Crippen molar-refractivity contribution in [1.29, 1.82) is 0 Å². The van der Waals surface area contributed by atoms with E-state index in [1.54, 1.807) is 12.3 Å². The Morgan fingerprint density at radius 2 is 2.00 bits per heavy atom. The number of nitrogens with one attached hydrogen (secondary N) is 1. The summed E-state index contributed by atoms with van der Waals surface area (Å²) >= 11 is 0. The van der Waals surface area contributed by atoms with Gasteiger partial charge in [0.05, 0.1) is 6.20 Å². The summed E-state index contributed by atoms with van der Waals surface area (Å²) in [4.78, 5) is 3.82. The maximum absolute atomic E-state index is 13.8. The molecule has 1 aromatic carbocycles. The van der Waals surface area contributed by atoms with E-state index >= 15 is 0 Å². The first-order chi connectivity index (χ1) is 9.83. The Morgan fingerprint density at radius 1 is 1.20 bits per heavy atom. The lowest BCUT2D eigenvalue weighted by atomic mass is 9.92. The molecule has 104 valence electrons. The Bertz CT molecular complexity index is 552. The highest BCUT2D eigenvalue weighted by Crippen LogP contribution is 2.24. The zero-order valence-electron chi connectivity index (χ0n) is 11.4. The van der Waals surface area contributed by atoms with E-state index in [9.17, 15) is 4.39 Å². The van der Waals surface area contributed by atoms with Crippen LogP contribution in [0.4, 0.5) is 4.39 Å². The van der Waals surface area contributed by atoms with E-state index in [1.807, 2.05) is 18.2 Å². The standard InChI is InChI=1S/C17H19FN2/c18-17-12-19-9-8-14(17)10-15(11-20-16-6-7-16)13-4-2-1-3-5-13/h1-5,8-9,12,15-16,20H,6-7,10-11H2. The van der Waals surface area contributed by atoms with Gasteiger partial charge in [-0.25, -0.2) is 4.39 Å². The molecule has 3 heteroatoms. The molecule has 1 N–H and O–H groups in total. The van der Waals surface area contributed by atoms with Crippen LogP contribution in [-0.2, 0) is 6.42 Å². The minimum atomic E-state index is -0.208. The van der Waals surface area contributed by atoms with Crippen LogP contribution in [0.25, 0.3) is 0 Å². The molecule has 0 radical (unpaired) electrons. The number of hydrogen-bond acceptors (Lipinski definition) is 2. The molecular weight excluding hydrogens is 251 g/mol. The number of nitrogens with zero attached hydrogens (tertiary/aromatic N) is 1. The van der Waals surface area contributed by atoms with Crippen molar-refractivity contribution in [2.75, 3.05) is 6.54 Å². The fourth-order valence-electron chi connectivity index (χ4n) is 2.46. The van der Waals surface area contributed by atoms with Crippen LogP contribution in [0.5, 0.6) is 0 Å². The molecule has 1 unspecified atom stereocenters. The van der Waals surface area contributed by atoms with Gasteiger partial charge in [0, 0.05) is 24.7 Å². The second kappa shape index (κ2) is 6.14. The number of rotatable bonds is 6. The third kappa shape index (κ3) is 3.42. The highest BCUT2D eigenvalue weighted by molar-refractivity contribution is 5.24. The van der Waals surface area contributed by atoms with Gasteiger partial charge in [-0.05, 0) is 36.5 Å². The molecule has 0 saturated heterocycles. The number of benzene rings is 1. The second-order valence-electron chi connectivity index (χ2n) is 5.46. The number of halogens is 1. The van der Waals surface area contributed by atoms with Crippen molar-refractivity contribution in [3.8, 4) is 0 Å². The van der Waals surface area contributed by atoms with Gasteiger partial charge in [-0.3, -0.25) is 4.98 Å². The van der Waals surface area contributed by atoms with E-state index in [0.717, 1.165) is 12.1 Å². The summed E-state index contributed by atoms with van der Waals surface area (Å²) in [5, 5.41) is 3.56. The maximum atomic E-state index is 13.8. The molecular formula is C17H19FN2. The lowest BCUT2D eigenvalue weighted by molar-refractivity contribution is 0.550. The first-order valence-electron chi connectivity index (χ1n) is 7.19. The summed E-state index contributed by atoms with van der Waals surface area (Å²) in [5.41, 5.74) is 2.00. The van der Waals surface area contributed by atoms with Crippen LogP contribution < -0.4 is 5.32 Å². The summed E-state index contributed by atoms with van der Waals surface area (Å²) in [5.74, 6) is 0.0913. The van der Waals surface area contributed by atoms with Gasteiger partial charge in [0.15, 0.2) is 0 Å². The summed E-state index contributed by atoms with van der Waals surface area (Å²) < 4.78 is 13.8. The largest absolute Gasteiger partial charge is 0.313 e. The van der Waals surface area contributed by atoms with Crippen LogP contribution in [0, 0.1) is 5.82 Å². The van der Waals surface area contributed by atoms with Gasteiger partial charge in [0.25, 0.3) is 0 Å². The quantitative estimate of drug-likeness (QED) is 0.871. The molecule has 0 spiro atoms. The topological polar surface area (TPSA) is 24.9 Å². The van der Waals surface area contributed by atoms with Crippen molar-refractivity contribution in [3.05, 3.63) is 65.7 Å². The van der Waals surface area contributed by atoms with Gasteiger partial charge in [0.1, 0.15) is 5.82 Å². The highest BCUT2D eigenvalue weighted by atomic mass is 19.1. The molecule has 3 rings (SSSR count). The average Bonchev–Trinajstić information content (AvgIpc) is 3.30. The van der Waals surface area contributed by atoms with Crippen molar-refractivity contribution in [2.45, 2.75) is 31.2 Å². The van der Waals surface area contributed by atoms with Gasteiger partial charge in [0.2, 0.25) is 0 Å². The van der Waals surface area contributed by atoms with E-state index in [0.29, 0.717) is 18.4 Å². The van der Waals surface area contributed by atoms with Gasteiger partial charge < -0.3 is 5.32 Å².